The molecule has 2 aromatic rings. The number of rotatable bonds is 9. The average molecular weight is 411 g/mol. The number of carbonyl (C=O) groups is 1. The van der Waals surface area contributed by atoms with Crippen LogP contribution in [0, 0.1) is 5.92 Å². The van der Waals surface area contributed by atoms with Crippen LogP contribution < -0.4 is 0 Å². The molecule has 0 aliphatic rings. The second-order valence-electron chi connectivity index (χ2n) is 7.41. The summed E-state index contributed by atoms with van der Waals surface area (Å²) in [6.45, 7) is 5.37. The van der Waals surface area contributed by atoms with Gasteiger partial charge in [-0.15, -0.1) is 11.3 Å². The molecule has 0 fully saturated rings. The van der Waals surface area contributed by atoms with Crippen LogP contribution in [0.15, 0.2) is 47.8 Å². The molecule has 0 spiro atoms. The molecule has 0 N–H and O–H groups in total. The lowest BCUT2D eigenvalue weighted by atomic mass is 10.0. The van der Waals surface area contributed by atoms with E-state index in [-0.39, 0.29) is 30.7 Å². The van der Waals surface area contributed by atoms with Crippen LogP contribution in [0.2, 0.25) is 0 Å². The fourth-order valence-electron chi connectivity index (χ4n) is 2.54. The maximum Gasteiger partial charge on any atom is 0.306 e. The molecule has 27 heavy (non-hydrogen) atoms. The minimum absolute atomic E-state index is 0.0493. The van der Waals surface area contributed by atoms with Gasteiger partial charge in [-0.1, -0.05) is 36.4 Å². The Bertz CT molecular complexity index is 806. The molecule has 0 saturated heterocycles. The third-order valence-corrected chi connectivity index (χ3v) is 5.70. The molecule has 0 saturated carbocycles. The quantitative estimate of drug-likeness (QED) is 0.458. The molecular weight excluding hydrogens is 384 g/mol. The lowest BCUT2D eigenvalue weighted by Crippen LogP contribution is -2.27. The van der Waals surface area contributed by atoms with Crippen molar-refractivity contribution in [1.29, 1.82) is 0 Å². The van der Waals surface area contributed by atoms with Crippen LogP contribution in [0.25, 0.3) is 0 Å². The number of thiophene rings is 1. The van der Waals surface area contributed by atoms with Gasteiger partial charge in [0, 0.05) is 4.88 Å². The Morgan fingerprint density at radius 3 is 2.41 bits per heavy atom. The average Bonchev–Trinajstić information content (AvgIpc) is 3.04. The molecular formula is C20H26O5S2. The minimum Gasteiger partial charge on any atom is -0.460 e. The first kappa shape index (κ1) is 21.6. The van der Waals surface area contributed by atoms with Gasteiger partial charge in [0.25, 0.3) is 10.1 Å². The summed E-state index contributed by atoms with van der Waals surface area (Å²) < 4.78 is 35.2. The monoisotopic (exact) mass is 410 g/mol. The number of esters is 1. The molecule has 0 amide bonds. The molecule has 1 aromatic heterocycles. The first-order valence-corrected chi connectivity index (χ1v) is 11.2. The number of hydrogen-bond donors (Lipinski definition) is 0. The number of carbonyl (C=O) groups excluding carboxylic acids is 1. The molecule has 0 aliphatic heterocycles. The van der Waals surface area contributed by atoms with E-state index in [4.69, 9.17) is 8.92 Å². The van der Waals surface area contributed by atoms with Crippen molar-refractivity contribution in [2.24, 2.45) is 5.92 Å². The van der Waals surface area contributed by atoms with E-state index in [1.54, 1.807) is 56.4 Å². The van der Waals surface area contributed by atoms with E-state index in [2.05, 4.69) is 0 Å². The van der Waals surface area contributed by atoms with Gasteiger partial charge in [0.1, 0.15) is 11.4 Å². The maximum absolute atomic E-state index is 12.3. The Morgan fingerprint density at radius 2 is 1.81 bits per heavy atom. The molecule has 0 radical (unpaired) electrons. The normalized spacial score (nSPS) is 13.3. The highest BCUT2D eigenvalue weighted by molar-refractivity contribution is 7.85. The molecule has 0 bridgehead atoms. The van der Waals surface area contributed by atoms with Crippen molar-refractivity contribution < 1.29 is 22.1 Å². The minimum atomic E-state index is -3.73. The van der Waals surface area contributed by atoms with Crippen molar-refractivity contribution >= 4 is 27.4 Å². The highest BCUT2D eigenvalue weighted by Crippen LogP contribution is 2.21. The Labute approximate surface area is 165 Å². The lowest BCUT2D eigenvalue weighted by Gasteiger charge is -2.22. The number of benzene rings is 1. The van der Waals surface area contributed by atoms with Crippen molar-refractivity contribution in [3.8, 4) is 0 Å². The summed E-state index contributed by atoms with van der Waals surface area (Å²) >= 11 is 1.57. The van der Waals surface area contributed by atoms with E-state index in [9.17, 15) is 13.2 Å². The summed E-state index contributed by atoms with van der Waals surface area (Å²) in [7, 11) is -3.73. The Balaban J connectivity index is 1.99. The highest BCUT2D eigenvalue weighted by Gasteiger charge is 2.23. The van der Waals surface area contributed by atoms with Crippen molar-refractivity contribution in [2.75, 3.05) is 6.61 Å². The van der Waals surface area contributed by atoms with Gasteiger partial charge in [0.2, 0.25) is 0 Å². The largest absolute Gasteiger partial charge is 0.460 e. The summed E-state index contributed by atoms with van der Waals surface area (Å²) in [5.74, 6) is -0.816. The van der Waals surface area contributed by atoms with Crippen LogP contribution in [0.4, 0.5) is 0 Å². The second kappa shape index (κ2) is 9.48. The van der Waals surface area contributed by atoms with E-state index < -0.39 is 15.7 Å². The van der Waals surface area contributed by atoms with Crippen LogP contribution in [0.1, 0.15) is 37.6 Å². The van der Waals surface area contributed by atoms with E-state index in [1.807, 2.05) is 23.6 Å². The summed E-state index contributed by atoms with van der Waals surface area (Å²) in [5, 5.41) is 1.95. The smallest absolute Gasteiger partial charge is 0.306 e. The van der Waals surface area contributed by atoms with Gasteiger partial charge in [-0.05, 0) is 50.1 Å². The van der Waals surface area contributed by atoms with Crippen molar-refractivity contribution in [1.82, 2.24) is 0 Å². The number of ether oxygens (including phenoxy) is 1. The highest BCUT2D eigenvalue weighted by atomic mass is 32.2. The molecule has 1 unspecified atom stereocenters. The van der Waals surface area contributed by atoms with Crippen LogP contribution in [-0.4, -0.2) is 26.6 Å². The summed E-state index contributed by atoms with van der Waals surface area (Å²) in [4.78, 5) is 13.3. The second-order valence-corrected chi connectivity index (χ2v) is 10.1. The molecule has 2 rings (SSSR count). The molecule has 148 valence electrons. The van der Waals surface area contributed by atoms with Crippen LogP contribution in [0.3, 0.4) is 0 Å². The zero-order valence-electron chi connectivity index (χ0n) is 15.9. The maximum atomic E-state index is 12.3. The van der Waals surface area contributed by atoms with Gasteiger partial charge in [-0.2, -0.15) is 8.42 Å². The van der Waals surface area contributed by atoms with Gasteiger partial charge in [-0.3, -0.25) is 8.98 Å². The first-order valence-electron chi connectivity index (χ1n) is 8.78. The van der Waals surface area contributed by atoms with Crippen LogP contribution >= 0.6 is 11.3 Å². The lowest BCUT2D eigenvalue weighted by molar-refractivity contribution is -0.156. The Hall–Kier alpha value is -1.70. The topological polar surface area (TPSA) is 69.7 Å². The van der Waals surface area contributed by atoms with Gasteiger partial charge in [0.05, 0.1) is 13.0 Å². The fraction of sp³-hybridized carbons (Fsp3) is 0.450. The van der Waals surface area contributed by atoms with E-state index in [0.29, 0.717) is 12.0 Å². The first-order chi connectivity index (χ1) is 12.6. The third-order valence-electron chi connectivity index (χ3n) is 3.61. The molecule has 0 aliphatic carbocycles. The van der Waals surface area contributed by atoms with Crippen molar-refractivity contribution in [2.45, 2.75) is 45.0 Å². The molecule has 1 aromatic carbocycles. The standard InChI is InChI=1S/C20H26O5S2/c1-20(2,3)25-19(21)13-17(12-18-10-7-11-26-18)14-24-27(22,23)15-16-8-5-4-6-9-16/h4-11,17H,12-15H2,1-3H3. The molecule has 1 atom stereocenters. The Kier molecular flexibility index (Phi) is 7.59. The zero-order chi connectivity index (χ0) is 19.9. The summed E-state index contributed by atoms with van der Waals surface area (Å²) in [5.41, 5.74) is 0.0876. The predicted octanol–water partition coefficient (Wildman–Crippen LogP) is 4.19. The van der Waals surface area contributed by atoms with Gasteiger partial charge < -0.3 is 4.74 Å². The van der Waals surface area contributed by atoms with E-state index in [1.165, 1.54) is 0 Å². The Morgan fingerprint density at radius 1 is 1.11 bits per heavy atom. The van der Waals surface area contributed by atoms with Gasteiger partial charge in [0.15, 0.2) is 0 Å². The molecule has 1 heterocycles. The molecule has 7 heteroatoms. The summed E-state index contributed by atoms with van der Waals surface area (Å²) in [6.07, 6.45) is 0.674. The fourth-order valence-corrected chi connectivity index (χ4v) is 4.45. The van der Waals surface area contributed by atoms with Crippen molar-refractivity contribution in [3.63, 3.8) is 0 Å². The van der Waals surface area contributed by atoms with Crippen molar-refractivity contribution in [3.05, 3.63) is 58.3 Å². The zero-order valence-corrected chi connectivity index (χ0v) is 17.5. The predicted molar refractivity (Wildman–Crippen MR) is 107 cm³/mol. The van der Waals surface area contributed by atoms with Gasteiger partial charge in [-0.25, -0.2) is 0 Å². The van der Waals surface area contributed by atoms with E-state index in [0.717, 1.165) is 4.88 Å². The number of hydrogen-bond acceptors (Lipinski definition) is 6. The van der Waals surface area contributed by atoms with E-state index >= 15 is 0 Å². The summed E-state index contributed by atoms with van der Waals surface area (Å²) in [6, 6.07) is 12.8. The van der Waals surface area contributed by atoms with Crippen LogP contribution in [-0.2, 0) is 36.0 Å². The van der Waals surface area contributed by atoms with Crippen LogP contribution in [0.5, 0.6) is 0 Å². The molecule has 5 nitrogen and oxygen atoms in total. The third kappa shape index (κ3) is 8.69. The van der Waals surface area contributed by atoms with Gasteiger partial charge >= 0.3 is 5.97 Å². The SMILES string of the molecule is CC(C)(C)OC(=O)CC(COS(=O)(=O)Cc1ccccc1)Cc1cccs1.